The van der Waals surface area contributed by atoms with Crippen molar-refractivity contribution in [1.29, 1.82) is 0 Å². The lowest BCUT2D eigenvalue weighted by Crippen LogP contribution is -2.00. The average molecular weight is 273 g/mol. The minimum Gasteiger partial charge on any atom is -0.369 e. The predicted molar refractivity (Wildman–Crippen MR) is 87.7 cm³/mol. The molecule has 21 heavy (non-hydrogen) atoms. The molecule has 0 radical (unpaired) electrons. The molecule has 0 aliphatic rings. The molecule has 3 nitrogen and oxygen atoms in total. The van der Waals surface area contributed by atoms with E-state index in [1.807, 2.05) is 16.7 Å². The Morgan fingerprint density at radius 2 is 1.71 bits per heavy atom. The van der Waals surface area contributed by atoms with Crippen molar-refractivity contribution in [3.63, 3.8) is 0 Å². The number of nitrogens with zero attached hydrogens (tertiary/aromatic N) is 2. The molecule has 0 spiro atoms. The van der Waals surface area contributed by atoms with Crippen LogP contribution in [-0.4, -0.2) is 9.55 Å². The van der Waals surface area contributed by atoms with E-state index in [4.69, 9.17) is 5.73 Å². The molecular weight excluding hydrogens is 258 g/mol. The van der Waals surface area contributed by atoms with Gasteiger partial charge in [-0.15, -0.1) is 0 Å². The molecule has 0 atom stereocenters. The fourth-order valence-electron chi connectivity index (χ4n) is 2.80. The van der Waals surface area contributed by atoms with Crippen LogP contribution in [0.3, 0.4) is 0 Å². The van der Waals surface area contributed by atoms with Crippen molar-refractivity contribution in [2.75, 3.05) is 5.73 Å². The van der Waals surface area contributed by atoms with Gasteiger partial charge >= 0.3 is 0 Å². The van der Waals surface area contributed by atoms with Crippen LogP contribution in [0.4, 0.5) is 5.95 Å². The first-order valence-corrected chi connectivity index (χ1v) is 6.96. The van der Waals surface area contributed by atoms with Crippen molar-refractivity contribution in [1.82, 2.24) is 9.55 Å². The Morgan fingerprint density at radius 3 is 2.57 bits per heavy atom. The van der Waals surface area contributed by atoms with E-state index in [1.165, 1.54) is 16.3 Å². The first kappa shape index (κ1) is 12.0. The number of hydrogen-bond acceptors (Lipinski definition) is 2. The van der Waals surface area contributed by atoms with Crippen LogP contribution < -0.4 is 5.73 Å². The SMILES string of the molecule is Cc1ccc2c(c1)nc(N)n2-c1ccc2ccccc2c1. The highest BCUT2D eigenvalue weighted by molar-refractivity contribution is 5.87. The van der Waals surface area contributed by atoms with Gasteiger partial charge in [0.15, 0.2) is 0 Å². The van der Waals surface area contributed by atoms with Gasteiger partial charge < -0.3 is 5.73 Å². The monoisotopic (exact) mass is 273 g/mol. The van der Waals surface area contributed by atoms with E-state index in [-0.39, 0.29) is 0 Å². The van der Waals surface area contributed by atoms with Crippen molar-refractivity contribution in [2.45, 2.75) is 6.92 Å². The third-order valence-electron chi connectivity index (χ3n) is 3.83. The van der Waals surface area contributed by atoms with E-state index >= 15 is 0 Å². The van der Waals surface area contributed by atoms with E-state index in [0.717, 1.165) is 16.7 Å². The second kappa shape index (κ2) is 4.35. The Kier molecular flexibility index (Phi) is 2.48. The van der Waals surface area contributed by atoms with Crippen molar-refractivity contribution in [3.05, 3.63) is 66.2 Å². The first-order chi connectivity index (χ1) is 10.2. The number of fused-ring (bicyclic) bond motifs is 2. The number of hydrogen-bond donors (Lipinski definition) is 1. The maximum Gasteiger partial charge on any atom is 0.205 e. The second-order valence-corrected chi connectivity index (χ2v) is 5.33. The van der Waals surface area contributed by atoms with Crippen LogP contribution in [0.1, 0.15) is 5.56 Å². The largest absolute Gasteiger partial charge is 0.369 e. The molecule has 3 aromatic carbocycles. The smallest absolute Gasteiger partial charge is 0.205 e. The van der Waals surface area contributed by atoms with Crippen LogP contribution >= 0.6 is 0 Å². The fraction of sp³-hybridized carbons (Fsp3) is 0.0556. The van der Waals surface area contributed by atoms with Crippen LogP contribution in [0.2, 0.25) is 0 Å². The molecule has 0 unspecified atom stereocenters. The van der Waals surface area contributed by atoms with E-state index < -0.39 is 0 Å². The minimum atomic E-state index is 0.519. The number of aryl methyl sites for hydroxylation is 1. The van der Waals surface area contributed by atoms with Crippen molar-refractivity contribution < 1.29 is 0 Å². The Hall–Kier alpha value is -2.81. The van der Waals surface area contributed by atoms with Gasteiger partial charge in [-0.3, -0.25) is 4.57 Å². The molecule has 1 aromatic heterocycles. The Morgan fingerprint density at radius 1 is 0.905 bits per heavy atom. The van der Waals surface area contributed by atoms with Crippen molar-refractivity contribution >= 4 is 27.8 Å². The van der Waals surface area contributed by atoms with Crippen molar-refractivity contribution in [3.8, 4) is 5.69 Å². The van der Waals surface area contributed by atoms with Gasteiger partial charge in [-0.05, 0) is 47.5 Å². The summed E-state index contributed by atoms with van der Waals surface area (Å²) in [7, 11) is 0. The highest BCUT2D eigenvalue weighted by atomic mass is 15.2. The number of nitrogen functional groups attached to an aromatic ring is 1. The lowest BCUT2D eigenvalue weighted by atomic mass is 10.1. The normalized spacial score (nSPS) is 11.3. The van der Waals surface area contributed by atoms with Gasteiger partial charge in [-0.25, -0.2) is 4.98 Å². The molecule has 0 fully saturated rings. The van der Waals surface area contributed by atoms with Crippen LogP contribution in [0.25, 0.3) is 27.5 Å². The van der Waals surface area contributed by atoms with E-state index in [0.29, 0.717) is 5.95 Å². The highest BCUT2D eigenvalue weighted by Gasteiger charge is 2.10. The van der Waals surface area contributed by atoms with E-state index in [9.17, 15) is 0 Å². The molecule has 4 rings (SSSR count). The third kappa shape index (κ3) is 1.86. The van der Waals surface area contributed by atoms with Gasteiger partial charge in [0.05, 0.1) is 11.0 Å². The zero-order valence-corrected chi connectivity index (χ0v) is 11.7. The quantitative estimate of drug-likeness (QED) is 0.568. The van der Waals surface area contributed by atoms with Gasteiger partial charge in [0.25, 0.3) is 0 Å². The molecule has 3 heteroatoms. The average Bonchev–Trinajstić information content (AvgIpc) is 2.81. The summed E-state index contributed by atoms with van der Waals surface area (Å²) in [6.45, 7) is 2.06. The summed E-state index contributed by atoms with van der Waals surface area (Å²) in [5.41, 5.74) is 10.3. The van der Waals surface area contributed by atoms with E-state index in [1.54, 1.807) is 0 Å². The topological polar surface area (TPSA) is 43.8 Å². The van der Waals surface area contributed by atoms with Gasteiger partial charge in [0.2, 0.25) is 5.95 Å². The van der Waals surface area contributed by atoms with Crippen LogP contribution in [0.5, 0.6) is 0 Å². The van der Waals surface area contributed by atoms with Crippen molar-refractivity contribution in [2.24, 2.45) is 0 Å². The summed E-state index contributed by atoms with van der Waals surface area (Å²) >= 11 is 0. The van der Waals surface area contributed by atoms with E-state index in [2.05, 4.69) is 60.4 Å². The Bertz CT molecular complexity index is 967. The van der Waals surface area contributed by atoms with Gasteiger partial charge in [0, 0.05) is 5.69 Å². The molecule has 0 saturated heterocycles. The third-order valence-corrected chi connectivity index (χ3v) is 3.83. The predicted octanol–water partition coefficient (Wildman–Crippen LogP) is 4.07. The van der Waals surface area contributed by atoms with Gasteiger partial charge in [0.1, 0.15) is 0 Å². The minimum absolute atomic E-state index is 0.519. The molecular formula is C18H15N3. The molecule has 0 bridgehead atoms. The molecule has 0 aliphatic heterocycles. The lowest BCUT2D eigenvalue weighted by Gasteiger charge is -2.08. The molecule has 0 amide bonds. The number of anilines is 1. The molecule has 102 valence electrons. The summed E-state index contributed by atoms with van der Waals surface area (Å²) in [6, 6.07) is 20.9. The second-order valence-electron chi connectivity index (χ2n) is 5.33. The van der Waals surface area contributed by atoms with Gasteiger partial charge in [-0.2, -0.15) is 0 Å². The summed E-state index contributed by atoms with van der Waals surface area (Å²) in [5.74, 6) is 0.519. The summed E-state index contributed by atoms with van der Waals surface area (Å²) < 4.78 is 2.00. The lowest BCUT2D eigenvalue weighted by molar-refractivity contribution is 1.11. The zero-order chi connectivity index (χ0) is 14.4. The van der Waals surface area contributed by atoms with Crippen LogP contribution in [0, 0.1) is 6.92 Å². The fourth-order valence-corrected chi connectivity index (χ4v) is 2.80. The number of rotatable bonds is 1. The summed E-state index contributed by atoms with van der Waals surface area (Å²) in [6.07, 6.45) is 0. The maximum absolute atomic E-state index is 6.13. The highest BCUT2D eigenvalue weighted by Crippen LogP contribution is 2.26. The van der Waals surface area contributed by atoms with Gasteiger partial charge in [-0.1, -0.05) is 36.4 Å². The molecule has 0 aliphatic carbocycles. The molecule has 0 saturated carbocycles. The number of imidazole rings is 1. The van der Waals surface area contributed by atoms with Crippen LogP contribution in [0.15, 0.2) is 60.7 Å². The Labute approximate surface area is 122 Å². The summed E-state index contributed by atoms with van der Waals surface area (Å²) in [4.78, 5) is 4.47. The Balaban J connectivity index is 2.01. The number of aromatic nitrogens is 2. The standard InChI is InChI=1S/C18H15N3/c1-12-6-9-17-16(10-12)20-18(19)21(17)15-8-7-13-4-2-3-5-14(13)11-15/h2-11H,1H3,(H2,19,20). The molecule has 4 aromatic rings. The maximum atomic E-state index is 6.13. The number of benzene rings is 3. The first-order valence-electron chi connectivity index (χ1n) is 6.96. The summed E-state index contributed by atoms with van der Waals surface area (Å²) in [5, 5.41) is 2.42. The number of nitrogens with two attached hydrogens (primary N) is 1. The zero-order valence-electron chi connectivity index (χ0n) is 11.7. The molecule has 1 heterocycles. The molecule has 2 N–H and O–H groups in total. The van der Waals surface area contributed by atoms with Crippen LogP contribution in [-0.2, 0) is 0 Å².